The van der Waals surface area contributed by atoms with Crippen molar-refractivity contribution in [3.63, 3.8) is 0 Å². The molecule has 0 aromatic carbocycles. The molecule has 0 saturated carbocycles. The van der Waals surface area contributed by atoms with Gasteiger partial charge in [0.15, 0.2) is 0 Å². The van der Waals surface area contributed by atoms with Crippen LogP contribution in [0.25, 0.3) is 0 Å². The molecular weight excluding hydrogens is 236 g/mol. The number of imidazole rings is 1. The van der Waals surface area contributed by atoms with Crippen LogP contribution in [0.3, 0.4) is 0 Å². The predicted molar refractivity (Wildman–Crippen MR) is 74.8 cm³/mol. The molecule has 1 unspecified atom stereocenters. The topological polar surface area (TPSA) is 42.7 Å². The molecule has 0 spiro atoms. The van der Waals surface area contributed by atoms with Gasteiger partial charge in [0, 0.05) is 37.1 Å². The molecule has 1 aliphatic rings. The normalized spacial score (nSPS) is 19.5. The molecule has 1 aliphatic heterocycles. The van der Waals surface area contributed by atoms with Crippen LogP contribution in [0.1, 0.15) is 36.7 Å². The van der Waals surface area contributed by atoms with E-state index in [1.807, 2.05) is 30.9 Å². The molecule has 4 heteroatoms. The van der Waals surface area contributed by atoms with Crippen LogP contribution in [0.15, 0.2) is 36.9 Å². The molecule has 19 heavy (non-hydrogen) atoms. The predicted octanol–water partition coefficient (Wildman–Crippen LogP) is 2.34. The summed E-state index contributed by atoms with van der Waals surface area (Å²) in [5, 5.41) is 3.58. The minimum absolute atomic E-state index is 0.472. The molecule has 4 nitrogen and oxygen atoms in total. The number of aromatic nitrogens is 3. The molecular formula is C15H20N4. The highest BCUT2D eigenvalue weighted by Crippen LogP contribution is 2.22. The Kier molecular flexibility index (Phi) is 3.89. The van der Waals surface area contributed by atoms with E-state index in [-0.39, 0.29) is 0 Å². The number of hydrogen-bond donors (Lipinski definition) is 1. The summed E-state index contributed by atoms with van der Waals surface area (Å²) in [7, 11) is 0. The lowest BCUT2D eigenvalue weighted by Gasteiger charge is -2.24. The van der Waals surface area contributed by atoms with E-state index in [4.69, 9.17) is 0 Å². The van der Waals surface area contributed by atoms with Crippen molar-refractivity contribution in [3.05, 3.63) is 48.3 Å². The highest BCUT2D eigenvalue weighted by Gasteiger charge is 2.18. The molecule has 3 rings (SSSR count). The Bertz CT molecular complexity index is 500. The van der Waals surface area contributed by atoms with Crippen molar-refractivity contribution in [1.29, 1.82) is 0 Å². The van der Waals surface area contributed by atoms with Gasteiger partial charge in [0.05, 0.1) is 12.0 Å². The fourth-order valence-electron chi connectivity index (χ4n) is 2.69. The van der Waals surface area contributed by atoms with E-state index >= 15 is 0 Å². The van der Waals surface area contributed by atoms with Crippen LogP contribution in [0, 0.1) is 0 Å². The third-order valence-electron chi connectivity index (χ3n) is 3.75. The molecule has 1 fully saturated rings. The van der Waals surface area contributed by atoms with Crippen LogP contribution in [-0.2, 0) is 13.0 Å². The van der Waals surface area contributed by atoms with E-state index in [2.05, 4.69) is 25.9 Å². The number of nitrogens with zero attached hydrogens (tertiary/aromatic N) is 3. The summed E-state index contributed by atoms with van der Waals surface area (Å²) < 4.78 is 2.26. The largest absolute Gasteiger partial charge is 0.333 e. The highest BCUT2D eigenvalue weighted by atomic mass is 15.1. The number of nitrogens with one attached hydrogen (secondary N) is 1. The van der Waals surface area contributed by atoms with Crippen LogP contribution in [0.4, 0.5) is 0 Å². The monoisotopic (exact) mass is 256 g/mol. The maximum Gasteiger partial charge on any atom is 0.0948 e. The first-order valence-corrected chi connectivity index (χ1v) is 7.07. The second-order valence-electron chi connectivity index (χ2n) is 5.09. The van der Waals surface area contributed by atoms with Crippen LogP contribution in [0.5, 0.6) is 0 Å². The van der Waals surface area contributed by atoms with Crippen LogP contribution < -0.4 is 5.32 Å². The minimum Gasteiger partial charge on any atom is -0.333 e. The first kappa shape index (κ1) is 12.4. The van der Waals surface area contributed by atoms with Crippen molar-refractivity contribution < 1.29 is 0 Å². The van der Waals surface area contributed by atoms with Gasteiger partial charge in [-0.1, -0.05) is 12.5 Å². The summed E-state index contributed by atoms with van der Waals surface area (Å²) in [6.07, 6.45) is 10.6. The standard InChI is InChI=1S/C15H20N4/c1-3-8-17-13(5-1)7-10-19-12-16-11-15(19)14-6-2-4-9-18-14/h1,3,5,8,11-12,14,18H,2,4,6-7,9-10H2. The fraction of sp³-hybridized carbons (Fsp3) is 0.467. The van der Waals surface area contributed by atoms with Gasteiger partial charge in [-0.2, -0.15) is 0 Å². The zero-order valence-corrected chi connectivity index (χ0v) is 11.1. The van der Waals surface area contributed by atoms with Gasteiger partial charge in [-0.05, 0) is 31.5 Å². The number of piperidine rings is 1. The number of hydrogen-bond acceptors (Lipinski definition) is 3. The molecule has 0 bridgehead atoms. The van der Waals surface area contributed by atoms with Crippen molar-refractivity contribution in [2.24, 2.45) is 0 Å². The van der Waals surface area contributed by atoms with Gasteiger partial charge in [0.1, 0.15) is 0 Å². The van der Waals surface area contributed by atoms with Gasteiger partial charge in [-0.25, -0.2) is 4.98 Å². The molecule has 0 radical (unpaired) electrons. The first-order valence-electron chi connectivity index (χ1n) is 7.07. The molecule has 100 valence electrons. The van der Waals surface area contributed by atoms with Crippen LogP contribution in [-0.4, -0.2) is 21.1 Å². The summed E-state index contributed by atoms with van der Waals surface area (Å²) in [5.41, 5.74) is 2.45. The van der Waals surface area contributed by atoms with E-state index in [0.29, 0.717) is 6.04 Å². The van der Waals surface area contributed by atoms with Crippen molar-refractivity contribution in [2.45, 2.75) is 38.3 Å². The second kappa shape index (κ2) is 5.97. The summed E-state index contributed by atoms with van der Waals surface area (Å²) in [4.78, 5) is 8.68. The smallest absolute Gasteiger partial charge is 0.0948 e. The number of rotatable bonds is 4. The molecule has 1 N–H and O–H groups in total. The minimum atomic E-state index is 0.472. The summed E-state index contributed by atoms with van der Waals surface area (Å²) in [5.74, 6) is 0. The summed E-state index contributed by atoms with van der Waals surface area (Å²) in [6.45, 7) is 2.07. The Morgan fingerprint density at radius 2 is 2.32 bits per heavy atom. The lowest BCUT2D eigenvalue weighted by atomic mass is 10.0. The maximum absolute atomic E-state index is 4.37. The average Bonchev–Trinajstić information content (AvgIpc) is 2.95. The zero-order chi connectivity index (χ0) is 12.9. The molecule has 1 saturated heterocycles. The molecule has 2 aromatic rings. The Morgan fingerprint density at radius 1 is 1.32 bits per heavy atom. The van der Waals surface area contributed by atoms with Gasteiger partial charge >= 0.3 is 0 Å². The summed E-state index contributed by atoms with van der Waals surface area (Å²) >= 11 is 0. The van der Waals surface area contributed by atoms with Crippen LogP contribution >= 0.6 is 0 Å². The number of pyridine rings is 1. The van der Waals surface area contributed by atoms with Crippen molar-refractivity contribution >= 4 is 0 Å². The van der Waals surface area contributed by atoms with E-state index < -0.39 is 0 Å². The fourth-order valence-corrected chi connectivity index (χ4v) is 2.69. The van der Waals surface area contributed by atoms with Gasteiger partial charge in [-0.3, -0.25) is 4.98 Å². The first-order chi connectivity index (χ1) is 9.43. The Hall–Kier alpha value is -1.68. The third-order valence-corrected chi connectivity index (χ3v) is 3.75. The Labute approximate surface area is 113 Å². The Balaban J connectivity index is 1.66. The van der Waals surface area contributed by atoms with Gasteiger partial charge < -0.3 is 9.88 Å². The van der Waals surface area contributed by atoms with Crippen LogP contribution in [0.2, 0.25) is 0 Å². The lowest BCUT2D eigenvalue weighted by Crippen LogP contribution is -2.28. The van der Waals surface area contributed by atoms with Gasteiger partial charge in [0.25, 0.3) is 0 Å². The molecule has 0 amide bonds. The summed E-state index contributed by atoms with van der Waals surface area (Å²) in [6, 6.07) is 6.55. The quantitative estimate of drug-likeness (QED) is 0.913. The van der Waals surface area contributed by atoms with E-state index in [0.717, 1.165) is 25.2 Å². The SMILES string of the molecule is c1ccc(CCn2cncc2C2CCCCN2)nc1. The zero-order valence-electron chi connectivity index (χ0n) is 11.1. The van der Waals surface area contributed by atoms with Crippen molar-refractivity contribution in [1.82, 2.24) is 19.9 Å². The average molecular weight is 256 g/mol. The maximum atomic E-state index is 4.37. The molecule has 1 atom stereocenters. The molecule has 0 aliphatic carbocycles. The lowest BCUT2D eigenvalue weighted by molar-refractivity contribution is 0.393. The van der Waals surface area contributed by atoms with E-state index in [1.54, 1.807) is 0 Å². The Morgan fingerprint density at radius 3 is 3.11 bits per heavy atom. The molecule has 2 aromatic heterocycles. The number of aryl methyl sites for hydroxylation is 2. The van der Waals surface area contributed by atoms with E-state index in [9.17, 15) is 0 Å². The molecule has 3 heterocycles. The van der Waals surface area contributed by atoms with Gasteiger partial charge in [-0.15, -0.1) is 0 Å². The third kappa shape index (κ3) is 3.01. The second-order valence-corrected chi connectivity index (χ2v) is 5.09. The van der Waals surface area contributed by atoms with Gasteiger partial charge in [0.2, 0.25) is 0 Å². The van der Waals surface area contributed by atoms with E-state index in [1.165, 1.54) is 25.0 Å². The van der Waals surface area contributed by atoms with Crippen molar-refractivity contribution in [2.75, 3.05) is 6.54 Å². The van der Waals surface area contributed by atoms with Crippen molar-refractivity contribution in [3.8, 4) is 0 Å². The highest BCUT2D eigenvalue weighted by molar-refractivity contribution is 5.08.